The fourth-order valence-electron chi connectivity index (χ4n) is 2.65. The summed E-state index contributed by atoms with van der Waals surface area (Å²) in [5.41, 5.74) is 1.46. The van der Waals surface area contributed by atoms with E-state index in [4.69, 9.17) is 9.15 Å². The molecular formula is C20H17N3O3. The number of benzene rings is 2. The molecule has 3 rings (SSSR count). The summed E-state index contributed by atoms with van der Waals surface area (Å²) in [4.78, 5) is 17.0. The lowest BCUT2D eigenvalue weighted by molar-refractivity contribution is 0.0940. The Balaban J connectivity index is 1.92. The van der Waals surface area contributed by atoms with Crippen LogP contribution in [0.5, 0.6) is 5.75 Å². The van der Waals surface area contributed by atoms with Crippen LogP contribution in [0.4, 0.5) is 0 Å². The third-order valence-corrected chi connectivity index (χ3v) is 3.84. The summed E-state index contributed by atoms with van der Waals surface area (Å²) in [5, 5.41) is 12.2. The minimum Gasteiger partial charge on any atom is -0.496 e. The van der Waals surface area contributed by atoms with Crippen molar-refractivity contribution in [2.75, 3.05) is 7.11 Å². The van der Waals surface area contributed by atoms with Crippen LogP contribution in [-0.4, -0.2) is 18.0 Å². The lowest BCUT2D eigenvalue weighted by Gasteiger charge is -2.14. The normalized spacial score (nSPS) is 11.4. The Labute approximate surface area is 151 Å². The molecule has 0 aliphatic carbocycles. The maximum atomic E-state index is 12.8. The molecule has 2 aromatic carbocycles. The number of hydrogen-bond acceptors (Lipinski definition) is 5. The molecule has 1 atom stereocenters. The molecule has 26 heavy (non-hydrogen) atoms. The molecule has 0 spiro atoms. The molecule has 130 valence electrons. The molecule has 0 radical (unpaired) electrons. The second kappa shape index (κ2) is 7.53. The topological polar surface area (TPSA) is 88.1 Å². The van der Waals surface area contributed by atoms with E-state index >= 15 is 0 Å². The number of nitrogens with zero attached hydrogens (tertiary/aromatic N) is 2. The predicted molar refractivity (Wildman–Crippen MR) is 95.5 cm³/mol. The lowest BCUT2D eigenvalue weighted by atomic mass is 10.1. The average Bonchev–Trinajstić information content (AvgIpc) is 3.08. The summed E-state index contributed by atoms with van der Waals surface area (Å²) in [6, 6.07) is 17.5. The van der Waals surface area contributed by atoms with Crippen LogP contribution >= 0.6 is 0 Å². The summed E-state index contributed by atoms with van der Waals surface area (Å²) in [6.45, 7) is 1.67. The molecule has 0 saturated carbocycles. The molecule has 1 N–H and O–H groups in total. The van der Waals surface area contributed by atoms with Gasteiger partial charge in [0.15, 0.2) is 17.3 Å². The zero-order chi connectivity index (χ0) is 18.5. The summed E-state index contributed by atoms with van der Waals surface area (Å²) in [5.74, 6) is 0.786. The number of rotatable bonds is 5. The summed E-state index contributed by atoms with van der Waals surface area (Å²) < 4.78 is 10.9. The standard InChI is InChI=1S/C20H17N3O3/c1-13-22-18(19(26-13)14-8-4-3-5-9-14)20(24)23-16(12-21)15-10-6-7-11-17(15)25-2/h3-11,16H,1-2H3,(H,23,24)/t16-/m0/s1. The van der Waals surface area contributed by atoms with E-state index in [2.05, 4.69) is 16.4 Å². The SMILES string of the molecule is COc1ccccc1[C@H](C#N)NC(=O)c1nc(C)oc1-c1ccccc1. The third-order valence-electron chi connectivity index (χ3n) is 3.84. The second-order valence-corrected chi connectivity index (χ2v) is 5.55. The van der Waals surface area contributed by atoms with Gasteiger partial charge < -0.3 is 14.5 Å². The summed E-state index contributed by atoms with van der Waals surface area (Å²) >= 11 is 0. The van der Waals surface area contributed by atoms with Gasteiger partial charge in [0, 0.05) is 18.1 Å². The van der Waals surface area contributed by atoms with Gasteiger partial charge in [0.05, 0.1) is 13.2 Å². The molecule has 0 fully saturated rings. The molecule has 3 aromatic rings. The minimum absolute atomic E-state index is 0.142. The van der Waals surface area contributed by atoms with E-state index in [1.807, 2.05) is 30.3 Å². The van der Waals surface area contributed by atoms with Crippen LogP contribution < -0.4 is 10.1 Å². The van der Waals surface area contributed by atoms with Crippen molar-refractivity contribution in [1.82, 2.24) is 10.3 Å². The quantitative estimate of drug-likeness (QED) is 0.761. The highest BCUT2D eigenvalue weighted by molar-refractivity contribution is 5.98. The van der Waals surface area contributed by atoms with E-state index in [1.165, 1.54) is 7.11 Å². The van der Waals surface area contributed by atoms with Crippen LogP contribution in [0.3, 0.4) is 0 Å². The van der Waals surface area contributed by atoms with Crippen molar-refractivity contribution in [3.05, 3.63) is 71.7 Å². The first kappa shape index (κ1) is 17.2. The van der Waals surface area contributed by atoms with Gasteiger partial charge in [-0.15, -0.1) is 0 Å². The molecule has 0 aliphatic heterocycles. The van der Waals surface area contributed by atoms with Crippen LogP contribution in [-0.2, 0) is 0 Å². The number of nitrogens with one attached hydrogen (secondary N) is 1. The van der Waals surface area contributed by atoms with Crippen LogP contribution in [0.2, 0.25) is 0 Å². The largest absolute Gasteiger partial charge is 0.496 e. The number of ether oxygens (including phenoxy) is 1. The van der Waals surface area contributed by atoms with E-state index in [0.29, 0.717) is 23.0 Å². The number of carbonyl (C=O) groups is 1. The summed E-state index contributed by atoms with van der Waals surface area (Å²) in [7, 11) is 1.52. The molecular weight excluding hydrogens is 330 g/mol. The van der Waals surface area contributed by atoms with Gasteiger partial charge in [-0.2, -0.15) is 5.26 Å². The molecule has 0 saturated heterocycles. The molecule has 0 bridgehead atoms. The lowest BCUT2D eigenvalue weighted by Crippen LogP contribution is -2.28. The number of hydrogen-bond donors (Lipinski definition) is 1. The number of carbonyl (C=O) groups excluding carboxylic acids is 1. The summed E-state index contributed by atoms with van der Waals surface area (Å²) in [6.07, 6.45) is 0. The molecule has 0 aliphatic rings. The first-order valence-corrected chi connectivity index (χ1v) is 8.00. The van der Waals surface area contributed by atoms with Gasteiger partial charge in [-0.25, -0.2) is 4.98 Å². The molecule has 0 unspecified atom stereocenters. The Morgan fingerprint density at radius 3 is 2.58 bits per heavy atom. The van der Waals surface area contributed by atoms with Gasteiger partial charge in [0.1, 0.15) is 11.8 Å². The Morgan fingerprint density at radius 2 is 1.88 bits per heavy atom. The second-order valence-electron chi connectivity index (χ2n) is 5.55. The van der Waals surface area contributed by atoms with Crippen molar-refractivity contribution in [1.29, 1.82) is 5.26 Å². The van der Waals surface area contributed by atoms with Crippen molar-refractivity contribution in [3.8, 4) is 23.1 Å². The van der Waals surface area contributed by atoms with Crippen LogP contribution in [0.1, 0.15) is 28.0 Å². The van der Waals surface area contributed by atoms with E-state index in [-0.39, 0.29) is 5.69 Å². The Kier molecular flexibility index (Phi) is 4.99. The Hall–Kier alpha value is -3.59. The highest BCUT2D eigenvalue weighted by Gasteiger charge is 2.24. The molecule has 1 heterocycles. The number of oxazole rings is 1. The number of aromatic nitrogens is 1. The Morgan fingerprint density at radius 1 is 1.19 bits per heavy atom. The minimum atomic E-state index is -0.876. The highest BCUT2D eigenvalue weighted by Crippen LogP contribution is 2.27. The molecule has 6 heteroatoms. The molecule has 1 aromatic heterocycles. The number of methoxy groups -OCH3 is 1. The van der Waals surface area contributed by atoms with Crippen molar-refractivity contribution in [2.45, 2.75) is 13.0 Å². The highest BCUT2D eigenvalue weighted by atomic mass is 16.5. The van der Waals surface area contributed by atoms with E-state index in [0.717, 1.165) is 5.56 Å². The maximum absolute atomic E-state index is 12.8. The smallest absolute Gasteiger partial charge is 0.275 e. The van der Waals surface area contributed by atoms with E-state index in [9.17, 15) is 10.1 Å². The fraction of sp³-hybridized carbons (Fsp3) is 0.150. The van der Waals surface area contributed by atoms with Crippen molar-refractivity contribution in [2.24, 2.45) is 0 Å². The van der Waals surface area contributed by atoms with E-state index < -0.39 is 11.9 Å². The average molecular weight is 347 g/mol. The number of aryl methyl sites for hydroxylation is 1. The zero-order valence-electron chi connectivity index (χ0n) is 14.4. The number of amides is 1. The van der Waals surface area contributed by atoms with Crippen molar-refractivity contribution < 1.29 is 13.9 Å². The van der Waals surface area contributed by atoms with Crippen LogP contribution in [0.25, 0.3) is 11.3 Å². The monoisotopic (exact) mass is 347 g/mol. The molecule has 1 amide bonds. The van der Waals surface area contributed by atoms with Gasteiger partial charge >= 0.3 is 0 Å². The zero-order valence-corrected chi connectivity index (χ0v) is 14.4. The van der Waals surface area contributed by atoms with E-state index in [1.54, 1.807) is 31.2 Å². The fourth-order valence-corrected chi connectivity index (χ4v) is 2.65. The number of nitriles is 1. The Bertz CT molecular complexity index is 958. The maximum Gasteiger partial charge on any atom is 0.275 e. The van der Waals surface area contributed by atoms with Gasteiger partial charge in [-0.1, -0.05) is 48.5 Å². The van der Waals surface area contributed by atoms with Crippen LogP contribution in [0, 0.1) is 18.3 Å². The van der Waals surface area contributed by atoms with Gasteiger partial charge in [0.2, 0.25) is 0 Å². The number of para-hydroxylation sites is 1. The van der Waals surface area contributed by atoms with Crippen molar-refractivity contribution >= 4 is 5.91 Å². The van der Waals surface area contributed by atoms with Gasteiger partial charge in [0.25, 0.3) is 5.91 Å². The van der Waals surface area contributed by atoms with Gasteiger partial charge in [-0.3, -0.25) is 4.79 Å². The van der Waals surface area contributed by atoms with Crippen LogP contribution in [0.15, 0.2) is 59.0 Å². The van der Waals surface area contributed by atoms with Gasteiger partial charge in [-0.05, 0) is 6.07 Å². The first-order valence-electron chi connectivity index (χ1n) is 8.00. The first-order chi connectivity index (χ1) is 12.6. The predicted octanol–water partition coefficient (Wildman–Crippen LogP) is 3.65. The van der Waals surface area contributed by atoms with Crippen molar-refractivity contribution in [3.63, 3.8) is 0 Å². The molecule has 6 nitrogen and oxygen atoms in total. The third kappa shape index (κ3) is 3.42.